The van der Waals surface area contributed by atoms with E-state index in [2.05, 4.69) is 5.32 Å². The first kappa shape index (κ1) is 12.2. The molecule has 0 bridgehead atoms. The Morgan fingerprint density at radius 2 is 1.88 bits per heavy atom. The lowest BCUT2D eigenvalue weighted by molar-refractivity contribution is -0.140. The van der Waals surface area contributed by atoms with Gasteiger partial charge in [-0.1, -0.05) is 29.8 Å². The summed E-state index contributed by atoms with van der Waals surface area (Å²) in [5.74, 6) is -2.03. The van der Waals surface area contributed by atoms with E-state index in [1.54, 1.807) is 12.1 Å². The second-order valence-electron chi connectivity index (χ2n) is 3.68. The Hall–Kier alpha value is -1.84. The molecule has 0 saturated heterocycles. The van der Waals surface area contributed by atoms with E-state index in [9.17, 15) is 9.59 Å². The first-order valence-corrected chi connectivity index (χ1v) is 5.04. The second-order valence-corrected chi connectivity index (χ2v) is 3.68. The van der Waals surface area contributed by atoms with Crippen LogP contribution in [0.3, 0.4) is 0 Å². The van der Waals surface area contributed by atoms with Gasteiger partial charge in [-0.05, 0) is 12.5 Å². The molecule has 16 heavy (non-hydrogen) atoms. The molecule has 1 rings (SSSR count). The lowest BCUT2D eigenvalue weighted by Crippen LogP contribution is -2.24. The van der Waals surface area contributed by atoms with E-state index in [1.807, 2.05) is 19.1 Å². The SMILES string of the molecule is CNC(=O)CC(C(=O)O)c1ccc(C)cc1. The van der Waals surface area contributed by atoms with Crippen LogP contribution >= 0.6 is 0 Å². The normalized spacial score (nSPS) is 11.9. The van der Waals surface area contributed by atoms with E-state index in [-0.39, 0.29) is 12.3 Å². The molecule has 1 atom stereocenters. The monoisotopic (exact) mass is 221 g/mol. The fourth-order valence-electron chi connectivity index (χ4n) is 1.43. The molecule has 4 nitrogen and oxygen atoms in total. The summed E-state index contributed by atoms with van der Waals surface area (Å²) in [4.78, 5) is 22.2. The minimum atomic E-state index is -0.979. The topological polar surface area (TPSA) is 66.4 Å². The number of aliphatic carboxylic acids is 1. The Labute approximate surface area is 94.3 Å². The molecule has 0 radical (unpaired) electrons. The van der Waals surface area contributed by atoms with Crippen molar-refractivity contribution in [2.75, 3.05) is 7.05 Å². The molecule has 0 aromatic heterocycles. The number of hydrogen-bond acceptors (Lipinski definition) is 2. The van der Waals surface area contributed by atoms with Crippen LogP contribution in [-0.4, -0.2) is 24.0 Å². The van der Waals surface area contributed by atoms with Gasteiger partial charge < -0.3 is 10.4 Å². The zero-order chi connectivity index (χ0) is 12.1. The number of benzene rings is 1. The highest BCUT2D eigenvalue weighted by Crippen LogP contribution is 2.20. The van der Waals surface area contributed by atoms with Crippen molar-refractivity contribution in [3.05, 3.63) is 35.4 Å². The molecule has 0 aliphatic heterocycles. The number of rotatable bonds is 4. The van der Waals surface area contributed by atoms with Crippen molar-refractivity contribution in [3.63, 3.8) is 0 Å². The molecule has 0 saturated carbocycles. The Morgan fingerprint density at radius 3 is 2.31 bits per heavy atom. The van der Waals surface area contributed by atoms with Crippen LogP contribution in [0.4, 0.5) is 0 Å². The van der Waals surface area contributed by atoms with Crippen molar-refractivity contribution in [1.29, 1.82) is 0 Å². The van der Waals surface area contributed by atoms with Crippen LogP contribution in [0.25, 0.3) is 0 Å². The molecule has 0 aliphatic rings. The van der Waals surface area contributed by atoms with Crippen molar-refractivity contribution in [2.24, 2.45) is 0 Å². The predicted octanol–water partition coefficient (Wildman–Crippen LogP) is 1.30. The maximum Gasteiger partial charge on any atom is 0.311 e. The van der Waals surface area contributed by atoms with Gasteiger partial charge in [0.05, 0.1) is 5.92 Å². The quantitative estimate of drug-likeness (QED) is 0.805. The van der Waals surface area contributed by atoms with Crippen LogP contribution in [0.2, 0.25) is 0 Å². The number of amides is 1. The van der Waals surface area contributed by atoms with E-state index in [0.717, 1.165) is 5.56 Å². The molecular weight excluding hydrogens is 206 g/mol. The second kappa shape index (κ2) is 5.30. The van der Waals surface area contributed by atoms with E-state index in [4.69, 9.17) is 5.11 Å². The largest absolute Gasteiger partial charge is 0.481 e. The summed E-state index contributed by atoms with van der Waals surface area (Å²) < 4.78 is 0. The number of aryl methyl sites for hydroxylation is 1. The first-order chi connectivity index (χ1) is 7.54. The minimum absolute atomic E-state index is 0.0328. The number of carboxylic acid groups (broad SMARTS) is 1. The van der Waals surface area contributed by atoms with Crippen LogP contribution in [0.1, 0.15) is 23.5 Å². The Balaban J connectivity index is 2.89. The van der Waals surface area contributed by atoms with Gasteiger partial charge in [-0.2, -0.15) is 0 Å². The van der Waals surface area contributed by atoms with Crippen LogP contribution in [0.15, 0.2) is 24.3 Å². The summed E-state index contributed by atoms with van der Waals surface area (Å²) >= 11 is 0. The maximum atomic E-state index is 11.2. The van der Waals surface area contributed by atoms with Crippen molar-refractivity contribution in [3.8, 4) is 0 Å². The summed E-state index contributed by atoms with van der Waals surface area (Å²) in [7, 11) is 1.50. The third kappa shape index (κ3) is 3.08. The fourth-order valence-corrected chi connectivity index (χ4v) is 1.43. The number of nitrogens with one attached hydrogen (secondary N) is 1. The number of carbonyl (C=O) groups is 2. The fraction of sp³-hybridized carbons (Fsp3) is 0.333. The van der Waals surface area contributed by atoms with Gasteiger partial charge >= 0.3 is 5.97 Å². The molecule has 4 heteroatoms. The maximum absolute atomic E-state index is 11.2. The zero-order valence-electron chi connectivity index (χ0n) is 9.36. The smallest absolute Gasteiger partial charge is 0.311 e. The molecule has 1 unspecified atom stereocenters. The van der Waals surface area contributed by atoms with Crippen molar-refractivity contribution < 1.29 is 14.7 Å². The average molecular weight is 221 g/mol. The molecule has 1 aromatic rings. The van der Waals surface area contributed by atoms with Crippen molar-refractivity contribution in [1.82, 2.24) is 5.32 Å². The van der Waals surface area contributed by atoms with Gasteiger partial charge in [0, 0.05) is 13.5 Å². The number of carboxylic acids is 1. The molecule has 0 spiro atoms. The molecule has 0 fully saturated rings. The van der Waals surface area contributed by atoms with Crippen molar-refractivity contribution >= 4 is 11.9 Å². The van der Waals surface area contributed by atoms with Gasteiger partial charge in [0.15, 0.2) is 0 Å². The Kier molecular flexibility index (Phi) is 4.05. The van der Waals surface area contributed by atoms with Crippen LogP contribution < -0.4 is 5.32 Å². The lowest BCUT2D eigenvalue weighted by atomic mass is 9.95. The number of carbonyl (C=O) groups excluding carboxylic acids is 1. The van der Waals surface area contributed by atoms with Crippen molar-refractivity contribution in [2.45, 2.75) is 19.3 Å². The Bertz CT molecular complexity index is 384. The van der Waals surface area contributed by atoms with Gasteiger partial charge in [-0.15, -0.1) is 0 Å². The average Bonchev–Trinajstić information content (AvgIpc) is 2.26. The first-order valence-electron chi connectivity index (χ1n) is 5.04. The molecule has 0 heterocycles. The summed E-state index contributed by atoms with van der Waals surface area (Å²) in [6.45, 7) is 1.93. The summed E-state index contributed by atoms with van der Waals surface area (Å²) in [6.07, 6.45) is -0.0328. The molecule has 86 valence electrons. The van der Waals surface area contributed by atoms with Crippen LogP contribution in [0.5, 0.6) is 0 Å². The third-order valence-corrected chi connectivity index (χ3v) is 2.45. The predicted molar refractivity (Wildman–Crippen MR) is 60.2 cm³/mol. The van der Waals surface area contributed by atoms with Gasteiger partial charge in [0.1, 0.15) is 0 Å². The van der Waals surface area contributed by atoms with E-state index >= 15 is 0 Å². The lowest BCUT2D eigenvalue weighted by Gasteiger charge is -2.11. The van der Waals surface area contributed by atoms with Gasteiger partial charge in [0.2, 0.25) is 5.91 Å². The molecule has 1 aromatic carbocycles. The highest BCUT2D eigenvalue weighted by molar-refractivity contribution is 5.85. The summed E-state index contributed by atoms with van der Waals surface area (Å²) in [5.41, 5.74) is 1.72. The van der Waals surface area contributed by atoms with Gasteiger partial charge in [-0.25, -0.2) is 0 Å². The minimum Gasteiger partial charge on any atom is -0.481 e. The Morgan fingerprint density at radius 1 is 1.31 bits per heavy atom. The van der Waals surface area contributed by atoms with Crippen LogP contribution in [0, 0.1) is 6.92 Å². The molecule has 1 amide bonds. The van der Waals surface area contributed by atoms with Crippen LogP contribution in [-0.2, 0) is 9.59 Å². The zero-order valence-corrected chi connectivity index (χ0v) is 9.36. The van der Waals surface area contributed by atoms with Gasteiger partial charge in [-0.3, -0.25) is 9.59 Å². The highest BCUT2D eigenvalue weighted by atomic mass is 16.4. The van der Waals surface area contributed by atoms with E-state index in [0.29, 0.717) is 5.56 Å². The third-order valence-electron chi connectivity index (χ3n) is 2.45. The number of hydrogen-bond donors (Lipinski definition) is 2. The van der Waals surface area contributed by atoms with E-state index in [1.165, 1.54) is 7.05 Å². The summed E-state index contributed by atoms with van der Waals surface area (Å²) in [5, 5.41) is 11.5. The van der Waals surface area contributed by atoms with Gasteiger partial charge in [0.25, 0.3) is 0 Å². The standard InChI is InChI=1S/C12H15NO3/c1-8-3-5-9(6-4-8)10(12(15)16)7-11(14)13-2/h3-6,10H,7H2,1-2H3,(H,13,14)(H,15,16). The highest BCUT2D eigenvalue weighted by Gasteiger charge is 2.22. The molecule has 2 N–H and O–H groups in total. The van der Waals surface area contributed by atoms with E-state index < -0.39 is 11.9 Å². The summed E-state index contributed by atoms with van der Waals surface area (Å²) in [6, 6.07) is 7.18. The molecular formula is C12H15NO3. The molecule has 0 aliphatic carbocycles.